The summed E-state index contributed by atoms with van der Waals surface area (Å²) in [6.45, 7) is 2.06. The van der Waals surface area contributed by atoms with E-state index >= 15 is 0 Å². The van der Waals surface area contributed by atoms with E-state index in [2.05, 4.69) is 50.9 Å². The van der Waals surface area contributed by atoms with Gasteiger partial charge in [0.2, 0.25) is 0 Å². The van der Waals surface area contributed by atoms with E-state index in [1.165, 1.54) is 5.39 Å². The summed E-state index contributed by atoms with van der Waals surface area (Å²) in [5, 5.41) is 4.55. The van der Waals surface area contributed by atoms with Crippen LogP contribution in [0.1, 0.15) is 5.69 Å². The number of fused-ring (bicyclic) bond motifs is 2. The Kier molecular flexibility index (Phi) is 3.36. The smallest absolute Gasteiger partial charge is 0.180 e. The van der Waals surface area contributed by atoms with Gasteiger partial charge in [-0.1, -0.05) is 12.1 Å². The topological polar surface area (TPSA) is 84.0 Å². The highest BCUT2D eigenvalue weighted by Crippen LogP contribution is 2.29. The quantitative estimate of drug-likeness (QED) is 0.416. The molecule has 132 valence electrons. The van der Waals surface area contributed by atoms with Crippen molar-refractivity contribution in [2.45, 2.75) is 6.92 Å². The molecule has 0 spiro atoms. The second-order valence-corrected chi connectivity index (χ2v) is 6.54. The zero-order chi connectivity index (χ0) is 18.4. The van der Waals surface area contributed by atoms with Crippen molar-refractivity contribution in [1.82, 2.24) is 19.4 Å². The molecule has 6 nitrogen and oxygen atoms in total. The second-order valence-electron chi connectivity index (χ2n) is 6.54. The normalized spacial score (nSPS) is 11.3. The van der Waals surface area contributed by atoms with Crippen molar-refractivity contribution >= 4 is 33.7 Å². The summed E-state index contributed by atoms with van der Waals surface area (Å²) in [7, 11) is 0. The van der Waals surface area contributed by atoms with Crippen LogP contribution in [0.4, 0.5) is 17.2 Å². The molecule has 0 unspecified atom stereocenters. The van der Waals surface area contributed by atoms with Gasteiger partial charge in [-0.3, -0.25) is 4.40 Å². The van der Waals surface area contributed by atoms with Gasteiger partial charge in [0.15, 0.2) is 11.5 Å². The maximum atomic E-state index is 5.79. The van der Waals surface area contributed by atoms with Gasteiger partial charge < -0.3 is 16.0 Å². The van der Waals surface area contributed by atoms with Gasteiger partial charge in [-0.25, -0.2) is 9.97 Å². The van der Waals surface area contributed by atoms with Gasteiger partial charge in [-0.2, -0.15) is 0 Å². The Balaban J connectivity index is 1.68. The van der Waals surface area contributed by atoms with Crippen LogP contribution < -0.4 is 11.1 Å². The van der Waals surface area contributed by atoms with Gasteiger partial charge >= 0.3 is 0 Å². The second kappa shape index (κ2) is 5.88. The highest BCUT2D eigenvalue weighted by molar-refractivity contribution is 5.85. The average molecular weight is 354 g/mol. The molecule has 0 fully saturated rings. The first-order valence-electron chi connectivity index (χ1n) is 8.73. The van der Waals surface area contributed by atoms with Crippen molar-refractivity contribution in [3.63, 3.8) is 0 Å². The predicted octanol–water partition coefficient (Wildman–Crippen LogP) is 4.51. The van der Waals surface area contributed by atoms with E-state index in [0.717, 1.165) is 39.5 Å². The lowest BCUT2D eigenvalue weighted by molar-refractivity contribution is 1.06. The van der Waals surface area contributed by atoms with E-state index < -0.39 is 0 Å². The SMILES string of the molecule is Cc1c(-c2ccc3cc[nH]c3c2)nc(Nc2ccc(N)cc2)c2nccn12. The molecular weight excluding hydrogens is 336 g/mol. The summed E-state index contributed by atoms with van der Waals surface area (Å²) in [6, 6.07) is 16.0. The molecule has 27 heavy (non-hydrogen) atoms. The third-order valence-corrected chi connectivity index (χ3v) is 4.78. The van der Waals surface area contributed by atoms with Gasteiger partial charge in [-0.15, -0.1) is 0 Å². The molecule has 0 aliphatic heterocycles. The van der Waals surface area contributed by atoms with Gasteiger partial charge in [-0.05, 0) is 48.7 Å². The molecule has 0 aliphatic rings. The Labute approximate surface area is 155 Å². The number of hydrogen-bond donors (Lipinski definition) is 3. The van der Waals surface area contributed by atoms with Crippen LogP contribution in [0.25, 0.3) is 27.8 Å². The Morgan fingerprint density at radius 1 is 1.07 bits per heavy atom. The Morgan fingerprint density at radius 3 is 2.78 bits per heavy atom. The molecule has 2 aromatic carbocycles. The molecular formula is C21H18N6. The summed E-state index contributed by atoms with van der Waals surface area (Å²) in [5.41, 5.74) is 12.3. The maximum absolute atomic E-state index is 5.79. The fourth-order valence-corrected chi connectivity index (χ4v) is 3.36. The number of aromatic nitrogens is 4. The van der Waals surface area contributed by atoms with E-state index in [1.54, 1.807) is 6.20 Å². The van der Waals surface area contributed by atoms with Crippen LogP contribution in [0.2, 0.25) is 0 Å². The zero-order valence-corrected chi connectivity index (χ0v) is 14.8. The zero-order valence-electron chi connectivity index (χ0n) is 14.8. The standard InChI is InChI=1S/C21H18N6/c1-13-19(15-3-2-14-8-9-23-18(14)12-15)26-20(21-24-10-11-27(13)21)25-17-6-4-16(22)5-7-17/h2-12,23H,22H2,1H3,(H,25,26). The highest BCUT2D eigenvalue weighted by Gasteiger charge is 2.14. The number of anilines is 3. The molecule has 6 heteroatoms. The number of nitrogens with one attached hydrogen (secondary N) is 2. The van der Waals surface area contributed by atoms with Crippen LogP contribution >= 0.6 is 0 Å². The van der Waals surface area contributed by atoms with Gasteiger partial charge in [0.25, 0.3) is 0 Å². The molecule has 0 saturated heterocycles. The van der Waals surface area contributed by atoms with Crippen molar-refractivity contribution in [2.75, 3.05) is 11.1 Å². The molecule has 4 N–H and O–H groups in total. The number of aryl methyl sites for hydroxylation is 1. The van der Waals surface area contributed by atoms with E-state index in [1.807, 2.05) is 36.7 Å². The number of H-pyrrole nitrogens is 1. The first-order chi connectivity index (χ1) is 13.2. The summed E-state index contributed by atoms with van der Waals surface area (Å²) in [6.07, 6.45) is 5.69. The Hall–Kier alpha value is -3.80. The minimum Gasteiger partial charge on any atom is -0.399 e. The number of rotatable bonds is 3. The maximum Gasteiger partial charge on any atom is 0.180 e. The lowest BCUT2D eigenvalue weighted by Crippen LogP contribution is -2.04. The number of nitrogen functional groups attached to an aromatic ring is 1. The molecule has 5 rings (SSSR count). The van der Waals surface area contributed by atoms with E-state index in [-0.39, 0.29) is 0 Å². The van der Waals surface area contributed by atoms with Gasteiger partial charge in [0.1, 0.15) is 0 Å². The van der Waals surface area contributed by atoms with Gasteiger partial charge in [0.05, 0.1) is 5.69 Å². The molecule has 0 atom stereocenters. The monoisotopic (exact) mass is 354 g/mol. The number of imidazole rings is 1. The summed E-state index contributed by atoms with van der Waals surface area (Å²) >= 11 is 0. The van der Waals surface area contributed by atoms with Crippen LogP contribution in [0.3, 0.4) is 0 Å². The van der Waals surface area contributed by atoms with Crippen molar-refractivity contribution in [3.05, 3.63) is 72.8 Å². The lowest BCUT2D eigenvalue weighted by atomic mass is 10.1. The van der Waals surface area contributed by atoms with Crippen molar-refractivity contribution in [3.8, 4) is 11.3 Å². The molecule has 0 aliphatic carbocycles. The van der Waals surface area contributed by atoms with Crippen LogP contribution in [-0.2, 0) is 0 Å². The number of nitrogens with zero attached hydrogens (tertiary/aromatic N) is 3. The molecule has 0 saturated carbocycles. The van der Waals surface area contributed by atoms with Crippen molar-refractivity contribution in [2.24, 2.45) is 0 Å². The molecule has 0 amide bonds. The third-order valence-electron chi connectivity index (χ3n) is 4.78. The van der Waals surface area contributed by atoms with Crippen LogP contribution in [-0.4, -0.2) is 19.4 Å². The van der Waals surface area contributed by atoms with E-state index in [4.69, 9.17) is 10.7 Å². The first-order valence-corrected chi connectivity index (χ1v) is 8.73. The average Bonchev–Trinajstić information content (AvgIpc) is 3.34. The number of hydrogen-bond acceptors (Lipinski definition) is 4. The Bertz CT molecular complexity index is 1260. The molecule has 0 radical (unpaired) electrons. The fraction of sp³-hybridized carbons (Fsp3) is 0.0476. The molecule has 3 aromatic heterocycles. The Morgan fingerprint density at radius 2 is 1.93 bits per heavy atom. The summed E-state index contributed by atoms with van der Waals surface area (Å²) < 4.78 is 2.06. The van der Waals surface area contributed by atoms with Crippen molar-refractivity contribution in [1.29, 1.82) is 0 Å². The number of nitrogens with two attached hydrogens (primary N) is 1. The molecule has 3 heterocycles. The van der Waals surface area contributed by atoms with Gasteiger partial charge in [0, 0.05) is 46.7 Å². The highest BCUT2D eigenvalue weighted by atomic mass is 15.1. The number of aromatic amines is 1. The van der Waals surface area contributed by atoms with Crippen LogP contribution in [0.5, 0.6) is 0 Å². The molecule has 0 bridgehead atoms. The van der Waals surface area contributed by atoms with E-state index in [9.17, 15) is 0 Å². The van der Waals surface area contributed by atoms with Crippen LogP contribution in [0, 0.1) is 6.92 Å². The van der Waals surface area contributed by atoms with Crippen molar-refractivity contribution < 1.29 is 0 Å². The minimum absolute atomic E-state index is 0.706. The first kappa shape index (κ1) is 15.5. The number of benzene rings is 2. The molecule has 5 aromatic rings. The fourth-order valence-electron chi connectivity index (χ4n) is 3.36. The predicted molar refractivity (Wildman–Crippen MR) is 109 cm³/mol. The lowest BCUT2D eigenvalue weighted by Gasteiger charge is -2.13. The van der Waals surface area contributed by atoms with Crippen LogP contribution in [0.15, 0.2) is 67.1 Å². The third kappa shape index (κ3) is 2.58. The van der Waals surface area contributed by atoms with E-state index in [0.29, 0.717) is 5.82 Å². The largest absolute Gasteiger partial charge is 0.399 e. The minimum atomic E-state index is 0.706. The summed E-state index contributed by atoms with van der Waals surface area (Å²) in [4.78, 5) is 12.7. The summed E-state index contributed by atoms with van der Waals surface area (Å²) in [5.74, 6) is 0.706.